The Balaban J connectivity index is 1.68. The van der Waals surface area contributed by atoms with Gasteiger partial charge in [0, 0.05) is 25.3 Å². The number of ether oxygens (including phenoxy) is 1. The molecule has 0 radical (unpaired) electrons. The maximum absolute atomic E-state index is 12.4. The number of methoxy groups -OCH3 is 1. The summed E-state index contributed by atoms with van der Waals surface area (Å²) in [6.45, 7) is 3.25. The molecule has 6 nitrogen and oxygen atoms in total. The first-order valence-corrected chi connectivity index (χ1v) is 9.33. The second-order valence-corrected chi connectivity index (χ2v) is 6.99. The zero-order valence-electron chi connectivity index (χ0n) is 16.2. The maximum atomic E-state index is 12.4. The van der Waals surface area contributed by atoms with Crippen molar-refractivity contribution in [1.82, 2.24) is 15.2 Å². The van der Waals surface area contributed by atoms with Gasteiger partial charge in [-0.3, -0.25) is 19.5 Å². The number of benzene rings is 1. The van der Waals surface area contributed by atoms with Crippen LogP contribution < -0.4 is 5.32 Å². The average Bonchev–Trinajstić information content (AvgIpc) is 3.10. The van der Waals surface area contributed by atoms with E-state index in [1.165, 1.54) is 7.11 Å². The van der Waals surface area contributed by atoms with Crippen LogP contribution in [0, 0.1) is 0 Å². The molecule has 1 aromatic heterocycles. The highest BCUT2D eigenvalue weighted by atomic mass is 16.5. The van der Waals surface area contributed by atoms with Gasteiger partial charge in [0.2, 0.25) is 0 Å². The van der Waals surface area contributed by atoms with E-state index >= 15 is 0 Å². The average molecular weight is 379 g/mol. The van der Waals surface area contributed by atoms with Crippen LogP contribution in [0.4, 0.5) is 0 Å². The van der Waals surface area contributed by atoms with Crippen LogP contribution in [-0.4, -0.2) is 54.0 Å². The Bertz CT molecular complexity index is 837. The molecule has 0 spiro atoms. The smallest absolute Gasteiger partial charge is 0.323 e. The number of carbonyl (C=O) groups is 2. The Hall–Kier alpha value is -2.99. The number of nitrogens with zero attached hydrogens (tertiary/aromatic N) is 2. The second kappa shape index (κ2) is 9.28. The molecule has 0 saturated carbocycles. The minimum absolute atomic E-state index is 0.136. The van der Waals surface area contributed by atoms with E-state index in [4.69, 9.17) is 4.74 Å². The number of amides is 1. The molecular weight excluding hydrogens is 354 g/mol. The number of hydrogen-bond donors (Lipinski definition) is 1. The van der Waals surface area contributed by atoms with Crippen molar-refractivity contribution in [3.63, 3.8) is 0 Å². The molecule has 1 aromatic carbocycles. The summed E-state index contributed by atoms with van der Waals surface area (Å²) >= 11 is 0. The number of pyridine rings is 1. The zero-order valence-corrected chi connectivity index (χ0v) is 16.2. The van der Waals surface area contributed by atoms with Crippen molar-refractivity contribution in [2.24, 2.45) is 0 Å². The number of nitrogens with one attached hydrogen (secondary N) is 1. The number of aromatic nitrogens is 1. The van der Waals surface area contributed by atoms with E-state index in [1.54, 1.807) is 24.4 Å². The molecule has 28 heavy (non-hydrogen) atoms. The zero-order chi connectivity index (χ0) is 19.9. The standard InChI is InChI=1S/C22H25N3O3/c1-16(12-17-8-4-3-5-9-17)14-25-15-18(13-20(25)22(27)28-2)24-21(26)19-10-6-7-11-23-19/h3-12,18,20H,13-15H2,1-2H3,(H,24,26)/b16-12+/t18-,20+/m1/s1. The number of esters is 1. The van der Waals surface area contributed by atoms with Gasteiger partial charge < -0.3 is 10.1 Å². The van der Waals surface area contributed by atoms with E-state index in [0.717, 1.165) is 11.1 Å². The van der Waals surface area contributed by atoms with Crippen molar-refractivity contribution in [3.8, 4) is 0 Å². The van der Waals surface area contributed by atoms with Crippen LogP contribution in [0.2, 0.25) is 0 Å². The van der Waals surface area contributed by atoms with Gasteiger partial charge in [-0.05, 0) is 31.0 Å². The summed E-state index contributed by atoms with van der Waals surface area (Å²) in [7, 11) is 1.40. The van der Waals surface area contributed by atoms with Crippen molar-refractivity contribution in [2.75, 3.05) is 20.2 Å². The minimum Gasteiger partial charge on any atom is -0.468 e. The Labute approximate surface area is 165 Å². The van der Waals surface area contributed by atoms with E-state index in [1.807, 2.05) is 37.3 Å². The van der Waals surface area contributed by atoms with Crippen LogP contribution in [-0.2, 0) is 9.53 Å². The third-order valence-corrected chi connectivity index (χ3v) is 4.77. The largest absolute Gasteiger partial charge is 0.468 e. The fourth-order valence-electron chi connectivity index (χ4n) is 3.52. The molecule has 0 unspecified atom stereocenters. The van der Waals surface area contributed by atoms with Gasteiger partial charge in [0.25, 0.3) is 5.91 Å². The van der Waals surface area contributed by atoms with Crippen molar-refractivity contribution in [2.45, 2.75) is 25.4 Å². The fourth-order valence-corrected chi connectivity index (χ4v) is 3.52. The fraction of sp³-hybridized carbons (Fsp3) is 0.318. The van der Waals surface area contributed by atoms with Crippen molar-refractivity contribution < 1.29 is 14.3 Å². The van der Waals surface area contributed by atoms with Crippen molar-refractivity contribution >= 4 is 18.0 Å². The van der Waals surface area contributed by atoms with Gasteiger partial charge >= 0.3 is 5.97 Å². The second-order valence-electron chi connectivity index (χ2n) is 6.99. The lowest BCUT2D eigenvalue weighted by atomic mass is 10.1. The number of hydrogen-bond acceptors (Lipinski definition) is 5. The third-order valence-electron chi connectivity index (χ3n) is 4.77. The number of carbonyl (C=O) groups excluding carboxylic acids is 2. The predicted octanol–water partition coefficient (Wildman–Crippen LogP) is 2.53. The molecule has 2 aromatic rings. The van der Waals surface area contributed by atoms with Gasteiger partial charge in [-0.2, -0.15) is 0 Å². The lowest BCUT2D eigenvalue weighted by Crippen LogP contribution is -2.39. The minimum atomic E-state index is -0.377. The molecule has 1 N–H and O–H groups in total. The lowest BCUT2D eigenvalue weighted by Gasteiger charge is -2.22. The highest BCUT2D eigenvalue weighted by molar-refractivity contribution is 5.92. The molecule has 0 aliphatic carbocycles. The van der Waals surface area contributed by atoms with Crippen LogP contribution in [0.3, 0.4) is 0 Å². The van der Waals surface area contributed by atoms with Crippen LogP contribution in [0.1, 0.15) is 29.4 Å². The van der Waals surface area contributed by atoms with E-state index in [2.05, 4.69) is 21.3 Å². The molecule has 1 aliphatic heterocycles. The molecule has 1 saturated heterocycles. The first kappa shape index (κ1) is 19.8. The quantitative estimate of drug-likeness (QED) is 0.781. The Morgan fingerprint density at radius 1 is 1.21 bits per heavy atom. The highest BCUT2D eigenvalue weighted by Gasteiger charge is 2.38. The van der Waals surface area contributed by atoms with Gasteiger partial charge in [0.15, 0.2) is 0 Å². The summed E-state index contributed by atoms with van der Waals surface area (Å²) in [5, 5.41) is 2.99. The van der Waals surface area contributed by atoms with Crippen molar-refractivity contribution in [1.29, 1.82) is 0 Å². The van der Waals surface area contributed by atoms with Crippen LogP contribution in [0.25, 0.3) is 6.08 Å². The summed E-state index contributed by atoms with van der Waals surface area (Å²) in [6, 6.07) is 14.8. The van der Waals surface area contributed by atoms with Gasteiger partial charge in [0.1, 0.15) is 11.7 Å². The normalized spacial score (nSPS) is 20.0. The van der Waals surface area contributed by atoms with Crippen LogP contribution >= 0.6 is 0 Å². The van der Waals surface area contributed by atoms with Gasteiger partial charge in [-0.1, -0.05) is 48.0 Å². The lowest BCUT2D eigenvalue weighted by molar-refractivity contribution is -0.145. The molecular formula is C22H25N3O3. The molecule has 2 atom stereocenters. The molecule has 146 valence electrons. The first-order chi connectivity index (χ1) is 13.6. The molecule has 2 heterocycles. The topological polar surface area (TPSA) is 71.5 Å². The van der Waals surface area contributed by atoms with Gasteiger partial charge in [-0.15, -0.1) is 0 Å². The van der Waals surface area contributed by atoms with Gasteiger partial charge in [-0.25, -0.2) is 0 Å². The molecule has 1 aliphatic rings. The summed E-state index contributed by atoms with van der Waals surface area (Å²) in [5.41, 5.74) is 2.63. The monoisotopic (exact) mass is 379 g/mol. The Kier molecular flexibility index (Phi) is 6.55. The summed E-state index contributed by atoms with van der Waals surface area (Å²) in [4.78, 5) is 30.8. The van der Waals surface area contributed by atoms with E-state index in [0.29, 0.717) is 25.2 Å². The molecule has 1 fully saturated rings. The van der Waals surface area contributed by atoms with Crippen LogP contribution in [0.15, 0.2) is 60.3 Å². The molecule has 1 amide bonds. The van der Waals surface area contributed by atoms with Crippen LogP contribution in [0.5, 0.6) is 0 Å². The van der Waals surface area contributed by atoms with E-state index < -0.39 is 0 Å². The summed E-state index contributed by atoms with van der Waals surface area (Å²) < 4.78 is 4.98. The van der Waals surface area contributed by atoms with E-state index in [-0.39, 0.29) is 24.0 Å². The van der Waals surface area contributed by atoms with Crippen molar-refractivity contribution in [3.05, 3.63) is 71.6 Å². The summed E-state index contributed by atoms with van der Waals surface area (Å²) in [5.74, 6) is -0.505. The predicted molar refractivity (Wildman–Crippen MR) is 108 cm³/mol. The number of likely N-dealkylation sites (tertiary alicyclic amines) is 1. The Morgan fingerprint density at radius 2 is 1.96 bits per heavy atom. The van der Waals surface area contributed by atoms with Gasteiger partial charge in [0.05, 0.1) is 7.11 Å². The third kappa shape index (κ3) is 5.04. The Morgan fingerprint density at radius 3 is 2.64 bits per heavy atom. The molecule has 3 rings (SSSR count). The SMILES string of the molecule is COC(=O)[C@@H]1C[C@@H](NC(=O)c2ccccn2)CN1C/C(C)=C/c1ccccc1. The van der Waals surface area contributed by atoms with E-state index in [9.17, 15) is 9.59 Å². The highest BCUT2D eigenvalue weighted by Crippen LogP contribution is 2.21. The molecule has 6 heteroatoms. The first-order valence-electron chi connectivity index (χ1n) is 9.33. The summed E-state index contributed by atoms with van der Waals surface area (Å²) in [6.07, 6.45) is 4.21. The maximum Gasteiger partial charge on any atom is 0.323 e. The molecule has 0 bridgehead atoms. The number of rotatable bonds is 6.